The highest BCUT2D eigenvalue weighted by atomic mass is 16.2. The van der Waals surface area contributed by atoms with Crippen LogP contribution < -0.4 is 4.90 Å². The largest absolute Gasteiger partial charge is 0.355 e. The van der Waals surface area contributed by atoms with Crippen molar-refractivity contribution in [3.63, 3.8) is 0 Å². The van der Waals surface area contributed by atoms with E-state index < -0.39 is 0 Å². The summed E-state index contributed by atoms with van der Waals surface area (Å²) in [7, 11) is 0. The van der Waals surface area contributed by atoms with Crippen molar-refractivity contribution in [1.82, 2.24) is 20.1 Å². The zero-order chi connectivity index (χ0) is 23.4. The normalized spacial score (nSPS) is 16.7. The number of aryl methyl sites for hydroxylation is 1. The number of anilines is 1. The van der Waals surface area contributed by atoms with E-state index in [1.165, 1.54) is 6.08 Å². The van der Waals surface area contributed by atoms with Crippen LogP contribution in [0.2, 0.25) is 0 Å². The molecule has 1 amide bonds. The molecule has 2 fully saturated rings. The molecule has 34 heavy (non-hydrogen) atoms. The van der Waals surface area contributed by atoms with Crippen LogP contribution >= 0.6 is 0 Å². The monoisotopic (exact) mass is 448 g/mol. The van der Waals surface area contributed by atoms with Crippen molar-refractivity contribution in [1.29, 1.82) is 5.26 Å². The summed E-state index contributed by atoms with van der Waals surface area (Å²) < 4.78 is 0. The summed E-state index contributed by atoms with van der Waals surface area (Å²) in [4.78, 5) is 21.0. The van der Waals surface area contributed by atoms with E-state index in [4.69, 9.17) is 4.98 Å². The van der Waals surface area contributed by atoms with Gasteiger partial charge in [0.2, 0.25) is 5.91 Å². The van der Waals surface area contributed by atoms with Crippen LogP contribution in [0.5, 0.6) is 0 Å². The van der Waals surface area contributed by atoms with E-state index in [1.807, 2.05) is 41.4 Å². The van der Waals surface area contributed by atoms with Crippen molar-refractivity contribution >= 4 is 33.5 Å². The molecule has 2 saturated heterocycles. The Morgan fingerprint density at radius 3 is 2.82 bits per heavy atom. The number of H-pyrrole nitrogens is 1. The molecule has 1 spiro atoms. The maximum Gasteiger partial charge on any atom is 0.245 e. The summed E-state index contributed by atoms with van der Waals surface area (Å²) in [6.07, 6.45) is 4.16. The zero-order valence-corrected chi connectivity index (χ0v) is 19.0. The molecule has 1 N–H and O–H groups in total. The van der Waals surface area contributed by atoms with Gasteiger partial charge in [-0.2, -0.15) is 10.4 Å². The van der Waals surface area contributed by atoms with E-state index in [2.05, 4.69) is 40.7 Å². The number of amides is 1. The van der Waals surface area contributed by atoms with E-state index in [0.717, 1.165) is 76.9 Å². The predicted molar refractivity (Wildman–Crippen MR) is 132 cm³/mol. The number of aromatic amines is 1. The second kappa shape index (κ2) is 7.42. The number of rotatable bonds is 3. The van der Waals surface area contributed by atoms with Gasteiger partial charge in [0.05, 0.1) is 17.2 Å². The fourth-order valence-electron chi connectivity index (χ4n) is 5.66. The Labute approximate surface area is 197 Å². The first-order valence-electron chi connectivity index (χ1n) is 11.5. The van der Waals surface area contributed by atoms with E-state index in [9.17, 15) is 10.1 Å². The first-order valence-corrected chi connectivity index (χ1v) is 11.5. The quantitative estimate of drug-likeness (QED) is 0.475. The average molecular weight is 449 g/mol. The second-order valence-corrected chi connectivity index (χ2v) is 9.48. The van der Waals surface area contributed by atoms with Crippen molar-refractivity contribution in [2.75, 3.05) is 31.1 Å². The van der Waals surface area contributed by atoms with E-state index >= 15 is 0 Å². The number of aromatic nitrogens is 3. The lowest BCUT2D eigenvalue weighted by molar-refractivity contribution is -0.136. The van der Waals surface area contributed by atoms with Gasteiger partial charge in [-0.1, -0.05) is 36.9 Å². The highest BCUT2D eigenvalue weighted by Crippen LogP contribution is 2.45. The fraction of sp³-hybridized carbons (Fsp3) is 0.259. The Morgan fingerprint density at radius 1 is 1.21 bits per heavy atom. The van der Waals surface area contributed by atoms with E-state index in [1.54, 1.807) is 0 Å². The van der Waals surface area contributed by atoms with Crippen LogP contribution in [0.15, 0.2) is 55.3 Å². The third-order valence-corrected chi connectivity index (χ3v) is 7.34. The Bertz CT molecular complexity index is 1520. The number of likely N-dealkylation sites (tertiary alicyclic amines) is 1. The molecule has 2 aromatic carbocycles. The summed E-state index contributed by atoms with van der Waals surface area (Å²) in [6, 6.07) is 14.6. The smallest absolute Gasteiger partial charge is 0.245 e. The Kier molecular flexibility index (Phi) is 4.46. The summed E-state index contributed by atoms with van der Waals surface area (Å²) in [6.45, 7) is 8.70. The number of nitrogens with zero attached hydrogens (tertiary/aromatic N) is 5. The highest BCUT2D eigenvalue weighted by molar-refractivity contribution is 6.07. The van der Waals surface area contributed by atoms with Gasteiger partial charge in [0.25, 0.3) is 0 Å². The lowest BCUT2D eigenvalue weighted by Crippen LogP contribution is -2.59. The number of carbonyl (C=O) groups is 1. The maximum atomic E-state index is 12.0. The molecule has 0 atom stereocenters. The molecular formula is C27H24N6O. The van der Waals surface area contributed by atoms with Gasteiger partial charge in [-0.3, -0.25) is 9.89 Å². The molecular weight excluding hydrogens is 424 g/mol. The number of hydrogen-bond donors (Lipinski definition) is 1. The van der Waals surface area contributed by atoms with Gasteiger partial charge in [-0.05, 0) is 31.1 Å². The molecule has 0 aliphatic carbocycles. The van der Waals surface area contributed by atoms with Gasteiger partial charge in [0.15, 0.2) is 0 Å². The number of carbonyl (C=O) groups excluding carboxylic acids is 1. The number of benzene rings is 2. The Balaban J connectivity index is 1.51. The summed E-state index contributed by atoms with van der Waals surface area (Å²) in [5.74, 6) is 0.702. The van der Waals surface area contributed by atoms with E-state index in [-0.39, 0.29) is 11.3 Å². The van der Waals surface area contributed by atoms with Crippen LogP contribution in [0.1, 0.15) is 17.5 Å². The van der Waals surface area contributed by atoms with E-state index in [0.29, 0.717) is 5.56 Å². The molecule has 2 aromatic heterocycles. The van der Waals surface area contributed by atoms with Crippen LogP contribution in [0, 0.1) is 23.7 Å². The number of nitrogens with one attached hydrogen (secondary N) is 1. The number of nitriles is 1. The topological polar surface area (TPSA) is 88.9 Å². The summed E-state index contributed by atoms with van der Waals surface area (Å²) in [5, 5.41) is 19.8. The number of para-hydroxylation sites is 1. The number of fused-ring (bicyclic) bond motifs is 2. The molecule has 168 valence electrons. The molecule has 4 heterocycles. The average Bonchev–Trinajstić information content (AvgIpc) is 3.49. The second-order valence-electron chi connectivity index (χ2n) is 9.48. The number of hydrogen-bond acceptors (Lipinski definition) is 5. The molecule has 2 aliphatic heterocycles. The SMILES string of the molecule is C=CC(=O)N1CC2(CCN(c3nc4ccccc4c(-c4c(C)ccc5cn[nH]c45)c3C#N)C2)C1. The van der Waals surface area contributed by atoms with Crippen LogP contribution in [0.4, 0.5) is 5.82 Å². The molecule has 0 unspecified atom stereocenters. The van der Waals surface area contributed by atoms with Gasteiger partial charge < -0.3 is 9.80 Å². The van der Waals surface area contributed by atoms with Crippen LogP contribution in [-0.4, -0.2) is 52.2 Å². The molecule has 0 saturated carbocycles. The Morgan fingerprint density at radius 2 is 2.03 bits per heavy atom. The fourth-order valence-corrected chi connectivity index (χ4v) is 5.66. The zero-order valence-electron chi connectivity index (χ0n) is 19.0. The van der Waals surface area contributed by atoms with Gasteiger partial charge in [-0.25, -0.2) is 4.98 Å². The minimum atomic E-state index is -0.0176. The molecule has 6 rings (SSSR count). The molecule has 7 nitrogen and oxygen atoms in total. The van der Waals surface area contributed by atoms with Crippen molar-refractivity contribution in [3.05, 3.63) is 66.4 Å². The lowest BCUT2D eigenvalue weighted by atomic mass is 9.79. The lowest BCUT2D eigenvalue weighted by Gasteiger charge is -2.47. The predicted octanol–water partition coefficient (Wildman–Crippen LogP) is 4.18. The van der Waals surface area contributed by atoms with Gasteiger partial charge in [0, 0.05) is 53.5 Å². The summed E-state index contributed by atoms with van der Waals surface area (Å²) in [5.41, 5.74) is 5.39. The first kappa shape index (κ1) is 20.4. The maximum absolute atomic E-state index is 12.0. The highest BCUT2D eigenvalue weighted by Gasteiger charge is 2.49. The van der Waals surface area contributed by atoms with Crippen molar-refractivity contribution < 1.29 is 4.79 Å². The standard InChI is InChI=1S/C27H24N6O/c1-3-22(34)33-15-27(16-33)10-11-32(14-27)26-20(12-28)24(19-6-4-5-7-21(19)30-26)23-17(2)8-9-18-13-29-31-25(18)23/h3-9,13H,1,10-11,14-16H2,2H3,(H,29,31). The van der Waals surface area contributed by atoms with Crippen LogP contribution in [-0.2, 0) is 4.79 Å². The summed E-state index contributed by atoms with van der Waals surface area (Å²) >= 11 is 0. The van der Waals surface area contributed by atoms with Crippen molar-refractivity contribution in [2.45, 2.75) is 13.3 Å². The first-order chi connectivity index (χ1) is 16.5. The van der Waals surface area contributed by atoms with Gasteiger partial charge in [0.1, 0.15) is 17.5 Å². The van der Waals surface area contributed by atoms with Crippen LogP contribution in [0.25, 0.3) is 32.9 Å². The molecule has 7 heteroatoms. The van der Waals surface area contributed by atoms with Gasteiger partial charge >= 0.3 is 0 Å². The Hall–Kier alpha value is -4.18. The van der Waals surface area contributed by atoms with Gasteiger partial charge in [-0.15, -0.1) is 0 Å². The minimum Gasteiger partial charge on any atom is -0.355 e. The minimum absolute atomic E-state index is 0.0176. The van der Waals surface area contributed by atoms with Crippen molar-refractivity contribution in [3.8, 4) is 17.2 Å². The molecule has 0 radical (unpaired) electrons. The van der Waals surface area contributed by atoms with Crippen molar-refractivity contribution in [2.24, 2.45) is 5.41 Å². The number of pyridine rings is 1. The van der Waals surface area contributed by atoms with Crippen LogP contribution in [0.3, 0.4) is 0 Å². The third kappa shape index (κ3) is 2.92. The molecule has 4 aromatic rings. The molecule has 2 aliphatic rings. The third-order valence-electron chi connectivity index (χ3n) is 7.34. The molecule has 0 bridgehead atoms.